The predicted octanol–water partition coefficient (Wildman–Crippen LogP) is 3.27. The lowest BCUT2D eigenvalue weighted by Crippen LogP contribution is -2.37. The van der Waals surface area contributed by atoms with Crippen molar-refractivity contribution >= 4 is 0 Å². The van der Waals surface area contributed by atoms with Gasteiger partial charge in [-0.2, -0.15) is 0 Å². The van der Waals surface area contributed by atoms with Gasteiger partial charge in [-0.1, -0.05) is 60.7 Å². The van der Waals surface area contributed by atoms with Gasteiger partial charge in [0, 0.05) is 12.0 Å². The summed E-state index contributed by atoms with van der Waals surface area (Å²) in [6.45, 7) is 1.72. The monoisotopic (exact) mass is 282 g/mol. The van der Waals surface area contributed by atoms with E-state index in [1.165, 1.54) is 11.1 Å². The lowest BCUT2D eigenvalue weighted by molar-refractivity contribution is 0.362. The molecule has 0 spiro atoms. The summed E-state index contributed by atoms with van der Waals surface area (Å²) in [5, 5.41) is 0. The first-order valence-electron chi connectivity index (χ1n) is 7.65. The van der Waals surface area contributed by atoms with Crippen LogP contribution in [0.1, 0.15) is 24.0 Å². The fourth-order valence-electron chi connectivity index (χ4n) is 3.00. The van der Waals surface area contributed by atoms with Crippen molar-refractivity contribution < 1.29 is 0 Å². The fraction of sp³-hybridized carbons (Fsp3) is 0.368. The second kappa shape index (κ2) is 7.39. The largest absolute Gasteiger partial charge is 0.329 e. The van der Waals surface area contributed by atoms with Crippen molar-refractivity contribution in [3.05, 3.63) is 71.8 Å². The third kappa shape index (κ3) is 3.72. The molecule has 2 N–H and O–H groups in total. The smallest absolute Gasteiger partial charge is 0.0325 e. The molecular weight excluding hydrogens is 256 g/mol. The zero-order valence-corrected chi connectivity index (χ0v) is 13.1. The van der Waals surface area contributed by atoms with Crippen LogP contribution in [-0.2, 0) is 5.41 Å². The molecule has 0 aliphatic rings. The molecule has 112 valence electrons. The molecule has 2 rings (SSSR count). The maximum Gasteiger partial charge on any atom is 0.0325 e. The Hall–Kier alpha value is -1.64. The maximum absolute atomic E-state index is 6.28. The maximum atomic E-state index is 6.28. The SMILES string of the molecule is CN(C)CCCC(CN)(c1ccccc1)c1ccccc1. The van der Waals surface area contributed by atoms with Gasteiger partial charge in [0.1, 0.15) is 0 Å². The molecule has 0 unspecified atom stereocenters. The molecule has 2 aromatic carbocycles. The molecule has 0 bridgehead atoms. The van der Waals surface area contributed by atoms with E-state index in [9.17, 15) is 0 Å². The van der Waals surface area contributed by atoms with Crippen LogP contribution in [0.4, 0.5) is 0 Å². The van der Waals surface area contributed by atoms with Crippen LogP contribution >= 0.6 is 0 Å². The van der Waals surface area contributed by atoms with Gasteiger partial charge >= 0.3 is 0 Å². The van der Waals surface area contributed by atoms with Crippen LogP contribution in [0.5, 0.6) is 0 Å². The topological polar surface area (TPSA) is 29.3 Å². The van der Waals surface area contributed by atoms with E-state index in [2.05, 4.69) is 79.7 Å². The first-order valence-corrected chi connectivity index (χ1v) is 7.65. The summed E-state index contributed by atoms with van der Waals surface area (Å²) < 4.78 is 0. The molecular formula is C19H26N2. The zero-order valence-electron chi connectivity index (χ0n) is 13.1. The van der Waals surface area contributed by atoms with Crippen LogP contribution in [0.2, 0.25) is 0 Å². The zero-order chi connectivity index (χ0) is 15.1. The van der Waals surface area contributed by atoms with Crippen LogP contribution in [0, 0.1) is 0 Å². The molecule has 0 atom stereocenters. The van der Waals surface area contributed by atoms with Crippen molar-refractivity contribution in [2.45, 2.75) is 18.3 Å². The minimum atomic E-state index is -0.0848. The first kappa shape index (κ1) is 15.7. The van der Waals surface area contributed by atoms with Gasteiger partial charge in [0.15, 0.2) is 0 Å². The van der Waals surface area contributed by atoms with E-state index in [-0.39, 0.29) is 5.41 Å². The summed E-state index contributed by atoms with van der Waals surface area (Å²) in [6, 6.07) is 21.4. The highest BCUT2D eigenvalue weighted by atomic mass is 15.0. The summed E-state index contributed by atoms with van der Waals surface area (Å²) in [5.74, 6) is 0. The van der Waals surface area contributed by atoms with Crippen LogP contribution in [-0.4, -0.2) is 32.1 Å². The van der Waals surface area contributed by atoms with Gasteiger partial charge in [0.25, 0.3) is 0 Å². The van der Waals surface area contributed by atoms with E-state index >= 15 is 0 Å². The minimum Gasteiger partial charge on any atom is -0.329 e. The number of benzene rings is 2. The molecule has 0 heterocycles. The Balaban J connectivity index is 2.37. The highest BCUT2D eigenvalue weighted by molar-refractivity contribution is 5.39. The highest BCUT2D eigenvalue weighted by Gasteiger charge is 2.32. The number of nitrogens with zero attached hydrogens (tertiary/aromatic N) is 1. The number of hydrogen-bond donors (Lipinski definition) is 1. The first-order chi connectivity index (χ1) is 10.2. The lowest BCUT2D eigenvalue weighted by atomic mass is 9.71. The lowest BCUT2D eigenvalue weighted by Gasteiger charge is -2.34. The van der Waals surface area contributed by atoms with E-state index in [1.54, 1.807) is 0 Å². The van der Waals surface area contributed by atoms with Crippen molar-refractivity contribution in [3.63, 3.8) is 0 Å². The van der Waals surface area contributed by atoms with Gasteiger partial charge in [-0.15, -0.1) is 0 Å². The minimum absolute atomic E-state index is 0.0848. The Morgan fingerprint density at radius 2 is 1.33 bits per heavy atom. The molecule has 0 aliphatic carbocycles. The molecule has 0 fully saturated rings. The van der Waals surface area contributed by atoms with Crippen LogP contribution in [0.25, 0.3) is 0 Å². The molecule has 0 amide bonds. The van der Waals surface area contributed by atoms with E-state index in [0.29, 0.717) is 6.54 Å². The van der Waals surface area contributed by atoms with Gasteiger partial charge in [-0.25, -0.2) is 0 Å². The van der Waals surface area contributed by atoms with Crippen molar-refractivity contribution in [2.75, 3.05) is 27.2 Å². The molecule has 0 saturated heterocycles. The molecule has 2 heteroatoms. The Morgan fingerprint density at radius 1 is 0.857 bits per heavy atom. The van der Waals surface area contributed by atoms with Crippen molar-refractivity contribution in [1.29, 1.82) is 0 Å². The standard InChI is InChI=1S/C19H26N2/c1-21(2)15-9-14-19(16-20,17-10-5-3-6-11-17)18-12-7-4-8-13-18/h3-8,10-13H,9,14-16,20H2,1-2H3. The molecule has 0 aliphatic heterocycles. The average Bonchev–Trinajstić information content (AvgIpc) is 2.53. The van der Waals surface area contributed by atoms with Gasteiger partial charge < -0.3 is 10.6 Å². The van der Waals surface area contributed by atoms with Gasteiger partial charge in [0.05, 0.1) is 0 Å². The van der Waals surface area contributed by atoms with E-state index in [0.717, 1.165) is 19.4 Å². The molecule has 2 nitrogen and oxygen atoms in total. The van der Waals surface area contributed by atoms with Crippen molar-refractivity contribution in [1.82, 2.24) is 4.90 Å². The third-order valence-corrected chi connectivity index (χ3v) is 4.21. The van der Waals surface area contributed by atoms with Gasteiger partial charge in [-0.05, 0) is 44.6 Å². The summed E-state index contributed by atoms with van der Waals surface area (Å²) >= 11 is 0. The molecule has 0 radical (unpaired) electrons. The van der Waals surface area contributed by atoms with Crippen LogP contribution in [0.3, 0.4) is 0 Å². The second-order valence-corrected chi connectivity index (χ2v) is 5.93. The number of nitrogens with two attached hydrogens (primary N) is 1. The Kier molecular flexibility index (Phi) is 5.54. The predicted molar refractivity (Wildman–Crippen MR) is 90.5 cm³/mol. The number of hydrogen-bond acceptors (Lipinski definition) is 2. The fourth-order valence-corrected chi connectivity index (χ4v) is 3.00. The summed E-state index contributed by atoms with van der Waals surface area (Å²) in [5.41, 5.74) is 8.82. The van der Waals surface area contributed by atoms with Gasteiger partial charge in [-0.3, -0.25) is 0 Å². The molecule has 2 aromatic rings. The third-order valence-electron chi connectivity index (χ3n) is 4.21. The summed E-state index contributed by atoms with van der Waals surface area (Å²) in [6.07, 6.45) is 2.20. The van der Waals surface area contributed by atoms with Crippen molar-refractivity contribution in [2.24, 2.45) is 5.73 Å². The molecule has 0 aromatic heterocycles. The van der Waals surface area contributed by atoms with Crippen LogP contribution < -0.4 is 5.73 Å². The molecule has 21 heavy (non-hydrogen) atoms. The van der Waals surface area contributed by atoms with E-state index in [1.807, 2.05) is 0 Å². The average molecular weight is 282 g/mol. The quantitative estimate of drug-likeness (QED) is 0.844. The summed E-state index contributed by atoms with van der Waals surface area (Å²) in [7, 11) is 4.24. The van der Waals surface area contributed by atoms with Crippen LogP contribution in [0.15, 0.2) is 60.7 Å². The Morgan fingerprint density at radius 3 is 1.71 bits per heavy atom. The van der Waals surface area contributed by atoms with E-state index < -0.39 is 0 Å². The number of rotatable bonds is 7. The van der Waals surface area contributed by atoms with Gasteiger partial charge in [0.2, 0.25) is 0 Å². The Labute approximate surface area is 128 Å². The highest BCUT2D eigenvalue weighted by Crippen LogP contribution is 2.35. The van der Waals surface area contributed by atoms with Crippen molar-refractivity contribution in [3.8, 4) is 0 Å². The molecule has 0 saturated carbocycles. The second-order valence-electron chi connectivity index (χ2n) is 5.93. The summed E-state index contributed by atoms with van der Waals surface area (Å²) in [4.78, 5) is 2.23. The van der Waals surface area contributed by atoms with E-state index in [4.69, 9.17) is 5.73 Å². The Bertz CT molecular complexity index is 480. The normalized spacial score (nSPS) is 11.8.